The quantitative estimate of drug-likeness (QED) is 0.871. The van der Waals surface area contributed by atoms with Crippen molar-refractivity contribution >= 4 is 11.6 Å². The molecule has 4 rings (SSSR count). The van der Waals surface area contributed by atoms with Gasteiger partial charge in [0.1, 0.15) is 0 Å². The SMILES string of the molecule is O=C(c1cccc2c1NCCC2)N1CCO[C@H]2C[C@H](CO)C[C@@H]21. The maximum Gasteiger partial charge on any atom is 0.256 e. The molecule has 0 aromatic heterocycles. The lowest BCUT2D eigenvalue weighted by atomic mass is 9.98. The van der Waals surface area contributed by atoms with Gasteiger partial charge < -0.3 is 20.1 Å². The fraction of sp³-hybridized carbons (Fsp3) is 0.611. The number of para-hydroxylation sites is 1. The van der Waals surface area contributed by atoms with Gasteiger partial charge in [0.2, 0.25) is 0 Å². The highest BCUT2D eigenvalue weighted by atomic mass is 16.5. The molecule has 5 nitrogen and oxygen atoms in total. The molecule has 124 valence electrons. The van der Waals surface area contributed by atoms with Crippen molar-refractivity contribution in [2.24, 2.45) is 5.92 Å². The van der Waals surface area contributed by atoms with E-state index in [2.05, 4.69) is 11.4 Å². The van der Waals surface area contributed by atoms with Crippen LogP contribution in [0.2, 0.25) is 0 Å². The van der Waals surface area contributed by atoms with Gasteiger partial charge in [-0.15, -0.1) is 0 Å². The lowest BCUT2D eigenvalue weighted by Gasteiger charge is -2.38. The Labute approximate surface area is 136 Å². The van der Waals surface area contributed by atoms with Crippen molar-refractivity contribution in [1.29, 1.82) is 0 Å². The summed E-state index contributed by atoms with van der Waals surface area (Å²) in [5.74, 6) is 0.356. The van der Waals surface area contributed by atoms with E-state index in [-0.39, 0.29) is 30.6 Å². The third-order valence-corrected chi connectivity index (χ3v) is 5.46. The van der Waals surface area contributed by atoms with Crippen LogP contribution in [0.3, 0.4) is 0 Å². The molecule has 23 heavy (non-hydrogen) atoms. The van der Waals surface area contributed by atoms with E-state index >= 15 is 0 Å². The maximum atomic E-state index is 13.2. The largest absolute Gasteiger partial charge is 0.396 e. The number of nitrogens with one attached hydrogen (secondary N) is 1. The molecule has 2 N–H and O–H groups in total. The topological polar surface area (TPSA) is 61.8 Å². The van der Waals surface area contributed by atoms with E-state index in [1.54, 1.807) is 0 Å². The fourth-order valence-electron chi connectivity index (χ4n) is 4.29. The minimum absolute atomic E-state index is 0.0809. The van der Waals surface area contributed by atoms with Gasteiger partial charge in [0, 0.05) is 19.7 Å². The zero-order chi connectivity index (χ0) is 15.8. The molecule has 1 aliphatic carbocycles. The second kappa shape index (κ2) is 6.13. The lowest BCUT2D eigenvalue weighted by Crippen LogP contribution is -2.51. The number of carbonyl (C=O) groups is 1. The zero-order valence-electron chi connectivity index (χ0n) is 13.3. The Morgan fingerprint density at radius 1 is 1.39 bits per heavy atom. The van der Waals surface area contributed by atoms with Gasteiger partial charge in [0.25, 0.3) is 5.91 Å². The fourth-order valence-corrected chi connectivity index (χ4v) is 4.29. The van der Waals surface area contributed by atoms with Gasteiger partial charge in [-0.25, -0.2) is 0 Å². The van der Waals surface area contributed by atoms with Crippen LogP contribution in [-0.2, 0) is 11.2 Å². The van der Waals surface area contributed by atoms with Crippen LogP contribution >= 0.6 is 0 Å². The highest BCUT2D eigenvalue weighted by molar-refractivity contribution is 6.00. The zero-order valence-corrected chi connectivity index (χ0v) is 13.3. The number of aryl methyl sites for hydroxylation is 1. The van der Waals surface area contributed by atoms with E-state index < -0.39 is 0 Å². The molecular weight excluding hydrogens is 292 g/mol. The second-order valence-corrected chi connectivity index (χ2v) is 6.87. The van der Waals surface area contributed by atoms with E-state index in [1.807, 2.05) is 17.0 Å². The molecule has 1 aromatic carbocycles. The average Bonchev–Trinajstić information content (AvgIpc) is 3.04. The molecule has 2 fully saturated rings. The molecule has 2 heterocycles. The first kappa shape index (κ1) is 15.0. The number of hydrogen-bond acceptors (Lipinski definition) is 4. The van der Waals surface area contributed by atoms with E-state index in [0.29, 0.717) is 13.2 Å². The number of anilines is 1. The van der Waals surface area contributed by atoms with Crippen LogP contribution in [0.5, 0.6) is 0 Å². The summed E-state index contributed by atoms with van der Waals surface area (Å²) in [5, 5.41) is 12.9. The Hall–Kier alpha value is -1.59. The van der Waals surface area contributed by atoms with Gasteiger partial charge in [0.05, 0.1) is 30.0 Å². The number of amides is 1. The van der Waals surface area contributed by atoms with E-state index in [4.69, 9.17) is 4.74 Å². The van der Waals surface area contributed by atoms with E-state index in [0.717, 1.165) is 43.5 Å². The molecule has 0 radical (unpaired) electrons. The Kier molecular flexibility index (Phi) is 3.99. The van der Waals surface area contributed by atoms with Gasteiger partial charge in [-0.2, -0.15) is 0 Å². The summed E-state index contributed by atoms with van der Waals surface area (Å²) in [4.78, 5) is 15.2. The summed E-state index contributed by atoms with van der Waals surface area (Å²) in [6, 6.07) is 6.13. The number of nitrogens with zero attached hydrogens (tertiary/aromatic N) is 1. The van der Waals surface area contributed by atoms with Crippen LogP contribution in [-0.4, -0.2) is 54.4 Å². The minimum atomic E-state index is 0.0809. The number of benzene rings is 1. The molecule has 3 aliphatic rings. The standard InChI is InChI=1S/C18H24N2O3/c21-11-12-9-15-16(10-12)23-8-7-20(15)18(22)14-5-1-3-13-4-2-6-19-17(13)14/h1,3,5,12,15-16,19,21H,2,4,6-11H2/t12-,15+,16+/m1/s1. The van der Waals surface area contributed by atoms with Gasteiger partial charge in [-0.1, -0.05) is 12.1 Å². The second-order valence-electron chi connectivity index (χ2n) is 6.87. The summed E-state index contributed by atoms with van der Waals surface area (Å²) in [7, 11) is 0. The maximum absolute atomic E-state index is 13.2. The van der Waals surface area contributed by atoms with Crippen molar-refractivity contribution < 1.29 is 14.6 Å². The minimum Gasteiger partial charge on any atom is -0.396 e. The number of carbonyl (C=O) groups excluding carboxylic acids is 1. The number of morpholine rings is 1. The highest BCUT2D eigenvalue weighted by Gasteiger charge is 2.43. The van der Waals surface area contributed by atoms with Crippen LogP contribution in [0.4, 0.5) is 5.69 Å². The molecule has 0 unspecified atom stereocenters. The van der Waals surface area contributed by atoms with Crippen LogP contribution in [0, 0.1) is 5.92 Å². The molecule has 1 saturated heterocycles. The molecular formula is C18H24N2O3. The average molecular weight is 316 g/mol. The Balaban J connectivity index is 1.61. The van der Waals surface area contributed by atoms with Gasteiger partial charge in [0.15, 0.2) is 0 Å². The summed E-state index contributed by atoms with van der Waals surface area (Å²) in [6.45, 7) is 2.34. The number of ether oxygens (including phenoxy) is 1. The number of hydrogen-bond donors (Lipinski definition) is 2. The smallest absolute Gasteiger partial charge is 0.256 e. The summed E-state index contributed by atoms with van der Waals surface area (Å²) >= 11 is 0. The van der Waals surface area contributed by atoms with Gasteiger partial charge in [-0.3, -0.25) is 4.79 Å². The van der Waals surface area contributed by atoms with Crippen LogP contribution in [0.15, 0.2) is 18.2 Å². The van der Waals surface area contributed by atoms with Crippen molar-refractivity contribution in [3.8, 4) is 0 Å². The van der Waals surface area contributed by atoms with Crippen LogP contribution in [0.1, 0.15) is 35.2 Å². The first-order valence-corrected chi connectivity index (χ1v) is 8.67. The van der Waals surface area contributed by atoms with Crippen molar-refractivity contribution in [3.05, 3.63) is 29.3 Å². The summed E-state index contributed by atoms with van der Waals surface area (Å²) < 4.78 is 5.84. The molecule has 0 bridgehead atoms. The summed E-state index contributed by atoms with van der Waals surface area (Å²) in [5.41, 5.74) is 3.05. The number of aliphatic hydroxyl groups is 1. The predicted octanol–water partition coefficient (Wildman–Crippen LogP) is 1.66. The predicted molar refractivity (Wildman–Crippen MR) is 87.6 cm³/mol. The van der Waals surface area contributed by atoms with Crippen molar-refractivity contribution in [2.45, 2.75) is 37.8 Å². The Bertz CT molecular complexity index is 604. The lowest BCUT2D eigenvalue weighted by molar-refractivity contribution is -0.0448. The van der Waals surface area contributed by atoms with Crippen LogP contribution in [0.25, 0.3) is 0 Å². The van der Waals surface area contributed by atoms with Crippen molar-refractivity contribution in [2.75, 3.05) is 31.6 Å². The molecule has 3 atom stereocenters. The van der Waals surface area contributed by atoms with E-state index in [1.165, 1.54) is 5.56 Å². The van der Waals surface area contributed by atoms with Gasteiger partial charge in [-0.05, 0) is 43.2 Å². The highest BCUT2D eigenvalue weighted by Crippen LogP contribution is 2.36. The van der Waals surface area contributed by atoms with E-state index in [9.17, 15) is 9.90 Å². The third kappa shape index (κ3) is 2.62. The molecule has 5 heteroatoms. The molecule has 1 saturated carbocycles. The Morgan fingerprint density at radius 3 is 3.17 bits per heavy atom. The van der Waals surface area contributed by atoms with Crippen LogP contribution < -0.4 is 5.32 Å². The van der Waals surface area contributed by atoms with Crippen molar-refractivity contribution in [1.82, 2.24) is 4.90 Å². The molecule has 1 aromatic rings. The Morgan fingerprint density at radius 2 is 2.30 bits per heavy atom. The first-order valence-electron chi connectivity index (χ1n) is 8.67. The molecule has 1 amide bonds. The van der Waals surface area contributed by atoms with Gasteiger partial charge >= 0.3 is 0 Å². The monoisotopic (exact) mass is 316 g/mol. The number of fused-ring (bicyclic) bond motifs is 2. The van der Waals surface area contributed by atoms with Crippen molar-refractivity contribution in [3.63, 3.8) is 0 Å². The number of aliphatic hydroxyl groups excluding tert-OH is 1. The normalized spacial score (nSPS) is 29.6. The molecule has 2 aliphatic heterocycles. The molecule has 0 spiro atoms. The summed E-state index contributed by atoms with van der Waals surface area (Å²) in [6.07, 6.45) is 3.93. The number of rotatable bonds is 2. The first-order chi connectivity index (χ1) is 11.3. The third-order valence-electron chi connectivity index (χ3n) is 5.46.